The van der Waals surface area contributed by atoms with Crippen LogP contribution in [-0.4, -0.2) is 18.9 Å². The molecular formula is C4H11N5. The van der Waals surface area contributed by atoms with Crippen molar-refractivity contribution in [3.05, 3.63) is 0 Å². The Morgan fingerprint density at radius 3 is 2.67 bits per heavy atom. The molecule has 52 valence electrons. The third-order valence-corrected chi connectivity index (χ3v) is 1.39. The van der Waals surface area contributed by atoms with Gasteiger partial charge < -0.3 is 11.1 Å². The quantitative estimate of drug-likeness (QED) is 0.149. The molecular weight excluding hydrogens is 118 g/mol. The number of hydrazone groups is 1. The third-order valence-electron chi connectivity index (χ3n) is 1.39. The highest BCUT2D eigenvalue weighted by molar-refractivity contribution is 5.83. The zero-order chi connectivity index (χ0) is 6.69. The molecule has 1 saturated heterocycles. The summed E-state index contributed by atoms with van der Waals surface area (Å²) in [5, 5.41) is 6.70. The molecule has 5 nitrogen and oxygen atoms in total. The van der Waals surface area contributed by atoms with Gasteiger partial charge in [0.1, 0.15) is 5.84 Å². The van der Waals surface area contributed by atoms with E-state index in [1.54, 1.807) is 0 Å². The molecule has 0 aromatic rings. The number of hydrazine groups is 1. The minimum atomic E-state index is 0.376. The van der Waals surface area contributed by atoms with Crippen LogP contribution in [0, 0.1) is 5.92 Å². The van der Waals surface area contributed by atoms with Crippen LogP contribution in [0.15, 0.2) is 5.10 Å². The van der Waals surface area contributed by atoms with Gasteiger partial charge in [0.25, 0.3) is 0 Å². The van der Waals surface area contributed by atoms with E-state index < -0.39 is 0 Å². The first-order valence-corrected chi connectivity index (χ1v) is 2.84. The molecule has 0 unspecified atom stereocenters. The van der Waals surface area contributed by atoms with Gasteiger partial charge in [-0.05, 0) is 0 Å². The normalized spacial score (nSPS) is 21.2. The van der Waals surface area contributed by atoms with Gasteiger partial charge in [0.2, 0.25) is 0 Å². The van der Waals surface area contributed by atoms with Crippen molar-refractivity contribution in [2.75, 3.05) is 13.1 Å². The van der Waals surface area contributed by atoms with Gasteiger partial charge in [-0.2, -0.15) is 5.10 Å². The van der Waals surface area contributed by atoms with Crippen LogP contribution in [-0.2, 0) is 0 Å². The molecule has 0 radical (unpaired) electrons. The molecule has 0 aromatic heterocycles. The lowest BCUT2D eigenvalue weighted by molar-refractivity contribution is 0.438. The summed E-state index contributed by atoms with van der Waals surface area (Å²) in [7, 11) is 0. The van der Waals surface area contributed by atoms with Crippen LogP contribution in [0.3, 0.4) is 0 Å². The SMILES string of the molecule is NN/N=C(\N)C1CNC1. The second kappa shape index (κ2) is 2.65. The van der Waals surface area contributed by atoms with Crippen molar-refractivity contribution in [2.45, 2.75) is 0 Å². The maximum absolute atomic E-state index is 5.46. The van der Waals surface area contributed by atoms with E-state index >= 15 is 0 Å². The van der Waals surface area contributed by atoms with Gasteiger partial charge in [-0.25, -0.2) is 11.4 Å². The number of hydrogen-bond donors (Lipinski definition) is 4. The fourth-order valence-electron chi connectivity index (χ4n) is 0.664. The minimum Gasteiger partial charge on any atom is -0.385 e. The Hall–Kier alpha value is -0.810. The van der Waals surface area contributed by atoms with E-state index in [-0.39, 0.29) is 0 Å². The average molecular weight is 129 g/mol. The smallest absolute Gasteiger partial charge is 0.126 e. The minimum absolute atomic E-state index is 0.376. The Morgan fingerprint density at radius 1 is 1.67 bits per heavy atom. The molecule has 0 aliphatic carbocycles. The number of nitrogens with one attached hydrogen (secondary N) is 2. The molecule has 0 saturated carbocycles. The molecule has 1 aliphatic rings. The fourth-order valence-corrected chi connectivity index (χ4v) is 0.664. The van der Waals surface area contributed by atoms with Gasteiger partial charge in [-0.1, -0.05) is 0 Å². The van der Waals surface area contributed by atoms with E-state index in [0.717, 1.165) is 13.1 Å². The van der Waals surface area contributed by atoms with Crippen LogP contribution in [0.1, 0.15) is 0 Å². The van der Waals surface area contributed by atoms with Gasteiger partial charge in [-0.3, -0.25) is 0 Å². The van der Waals surface area contributed by atoms with Crippen LogP contribution in [0.2, 0.25) is 0 Å². The molecule has 1 rings (SSSR count). The Balaban J connectivity index is 2.31. The maximum Gasteiger partial charge on any atom is 0.126 e. The molecule has 1 aliphatic heterocycles. The van der Waals surface area contributed by atoms with E-state index in [4.69, 9.17) is 11.6 Å². The zero-order valence-corrected chi connectivity index (χ0v) is 5.09. The predicted molar refractivity (Wildman–Crippen MR) is 35.3 cm³/mol. The monoisotopic (exact) mass is 129 g/mol. The second-order valence-corrected chi connectivity index (χ2v) is 2.02. The summed E-state index contributed by atoms with van der Waals surface area (Å²) in [6.45, 7) is 1.83. The van der Waals surface area contributed by atoms with Gasteiger partial charge in [0.15, 0.2) is 0 Å². The number of nitrogens with zero attached hydrogens (tertiary/aromatic N) is 1. The highest BCUT2D eigenvalue weighted by Crippen LogP contribution is 2.00. The summed E-state index contributed by atoms with van der Waals surface area (Å²) in [6, 6.07) is 0. The topological polar surface area (TPSA) is 88.5 Å². The largest absolute Gasteiger partial charge is 0.385 e. The van der Waals surface area contributed by atoms with Gasteiger partial charge in [0, 0.05) is 19.0 Å². The first-order chi connectivity index (χ1) is 4.34. The molecule has 0 bridgehead atoms. The fraction of sp³-hybridized carbons (Fsp3) is 0.750. The van der Waals surface area contributed by atoms with E-state index in [9.17, 15) is 0 Å². The number of nitrogens with two attached hydrogens (primary N) is 2. The van der Waals surface area contributed by atoms with Crippen LogP contribution < -0.4 is 22.4 Å². The summed E-state index contributed by atoms with van der Waals surface area (Å²) in [5.74, 6) is 5.86. The lowest BCUT2D eigenvalue weighted by atomic mass is 10.0. The van der Waals surface area contributed by atoms with Crippen LogP contribution in [0.25, 0.3) is 0 Å². The Kier molecular flexibility index (Phi) is 1.86. The molecule has 1 fully saturated rings. The standard InChI is InChI=1S/C4H11N5/c5-4(8-9-6)3-1-7-2-3/h3,7,9H,1-2,6H2,(H2,5,8). The Morgan fingerprint density at radius 2 is 2.33 bits per heavy atom. The Bertz CT molecular complexity index is 116. The van der Waals surface area contributed by atoms with Crippen molar-refractivity contribution in [2.24, 2.45) is 22.6 Å². The third kappa shape index (κ3) is 1.30. The van der Waals surface area contributed by atoms with Crippen LogP contribution in [0.4, 0.5) is 0 Å². The lowest BCUT2D eigenvalue weighted by Gasteiger charge is -2.25. The Labute approximate surface area is 53.4 Å². The van der Waals surface area contributed by atoms with Crippen molar-refractivity contribution in [3.8, 4) is 0 Å². The molecule has 0 atom stereocenters. The molecule has 0 spiro atoms. The summed E-state index contributed by atoms with van der Waals surface area (Å²) in [4.78, 5) is 0. The summed E-state index contributed by atoms with van der Waals surface area (Å²) in [5.41, 5.74) is 7.61. The zero-order valence-electron chi connectivity index (χ0n) is 5.09. The molecule has 1 heterocycles. The molecule has 0 amide bonds. The summed E-state index contributed by atoms with van der Waals surface area (Å²) < 4.78 is 0. The molecule has 9 heavy (non-hydrogen) atoms. The number of hydrogen-bond acceptors (Lipinski definition) is 4. The lowest BCUT2D eigenvalue weighted by Crippen LogP contribution is -2.50. The van der Waals surface area contributed by atoms with Gasteiger partial charge in [-0.15, -0.1) is 0 Å². The van der Waals surface area contributed by atoms with Crippen molar-refractivity contribution >= 4 is 5.84 Å². The van der Waals surface area contributed by atoms with Crippen LogP contribution >= 0.6 is 0 Å². The predicted octanol–water partition coefficient (Wildman–Crippen LogP) is -2.06. The van der Waals surface area contributed by atoms with E-state index in [2.05, 4.69) is 16.0 Å². The summed E-state index contributed by atoms with van der Waals surface area (Å²) >= 11 is 0. The van der Waals surface area contributed by atoms with Crippen LogP contribution in [0.5, 0.6) is 0 Å². The highest BCUT2D eigenvalue weighted by atomic mass is 15.5. The summed E-state index contributed by atoms with van der Waals surface area (Å²) in [6.07, 6.45) is 0. The average Bonchev–Trinajstić information content (AvgIpc) is 1.60. The number of amidine groups is 1. The van der Waals surface area contributed by atoms with Crippen molar-refractivity contribution < 1.29 is 0 Å². The highest BCUT2D eigenvalue weighted by Gasteiger charge is 2.20. The van der Waals surface area contributed by atoms with Crippen molar-refractivity contribution in [1.29, 1.82) is 0 Å². The maximum atomic E-state index is 5.46. The van der Waals surface area contributed by atoms with E-state index in [1.807, 2.05) is 0 Å². The molecule has 0 aromatic carbocycles. The molecule has 6 N–H and O–H groups in total. The van der Waals surface area contributed by atoms with E-state index in [0.29, 0.717) is 11.8 Å². The molecule has 5 heteroatoms. The first kappa shape index (κ1) is 6.31. The van der Waals surface area contributed by atoms with Crippen molar-refractivity contribution in [1.82, 2.24) is 10.9 Å². The van der Waals surface area contributed by atoms with Crippen molar-refractivity contribution in [3.63, 3.8) is 0 Å². The number of rotatable bonds is 2. The van der Waals surface area contributed by atoms with E-state index in [1.165, 1.54) is 0 Å². The second-order valence-electron chi connectivity index (χ2n) is 2.02. The van der Waals surface area contributed by atoms with Gasteiger partial charge >= 0.3 is 0 Å². The first-order valence-electron chi connectivity index (χ1n) is 2.84. The van der Waals surface area contributed by atoms with Gasteiger partial charge in [0.05, 0.1) is 0 Å².